The molecule has 108 valence electrons. The zero-order chi connectivity index (χ0) is 14.9. The van der Waals surface area contributed by atoms with Gasteiger partial charge in [0.05, 0.1) is 17.7 Å². The fraction of sp³-hybridized carbons (Fsp3) is 0.0769. The number of hydrogen-bond donors (Lipinski definition) is 1. The number of rotatable bonds is 4. The minimum Gasteiger partial charge on any atom is -0.497 e. The third kappa shape index (κ3) is 2.52. The molecule has 0 atom stereocenters. The van der Waals surface area contributed by atoms with E-state index in [4.69, 9.17) is 4.74 Å². The summed E-state index contributed by atoms with van der Waals surface area (Å²) in [6.45, 7) is 0. The Labute approximate surface area is 121 Å². The first kappa shape index (κ1) is 13.4. The number of pyridine rings is 1. The van der Waals surface area contributed by atoms with Gasteiger partial charge in [-0.1, -0.05) is 0 Å². The normalized spacial score (nSPS) is 11.5. The van der Waals surface area contributed by atoms with Gasteiger partial charge in [-0.15, -0.1) is 0 Å². The number of ether oxygens (including phenoxy) is 1. The lowest BCUT2D eigenvalue weighted by Gasteiger charge is -2.09. The molecule has 0 aliphatic carbocycles. The molecule has 2 aromatic heterocycles. The van der Waals surface area contributed by atoms with Crippen molar-refractivity contribution in [2.75, 3.05) is 11.8 Å². The summed E-state index contributed by atoms with van der Waals surface area (Å²) in [5.41, 5.74) is 0.806. The fourth-order valence-electron chi connectivity index (χ4n) is 1.89. The molecule has 0 amide bonds. The second kappa shape index (κ2) is 5.06. The Morgan fingerprint density at radius 2 is 1.95 bits per heavy atom. The van der Waals surface area contributed by atoms with Gasteiger partial charge in [0.1, 0.15) is 12.1 Å². The molecule has 21 heavy (non-hydrogen) atoms. The highest BCUT2D eigenvalue weighted by molar-refractivity contribution is 7.92. The lowest BCUT2D eigenvalue weighted by Crippen LogP contribution is -2.13. The topological polar surface area (TPSA) is 85.6 Å². The second-order valence-corrected chi connectivity index (χ2v) is 5.91. The molecule has 7 nitrogen and oxygen atoms in total. The van der Waals surface area contributed by atoms with Crippen LogP contribution in [0.5, 0.6) is 5.75 Å². The SMILES string of the molecule is COc1ccc(S(=O)(=O)Nc2cccn3ncnc23)cc1. The number of methoxy groups -OCH3 is 1. The summed E-state index contributed by atoms with van der Waals surface area (Å²) in [4.78, 5) is 4.17. The van der Waals surface area contributed by atoms with E-state index < -0.39 is 10.0 Å². The van der Waals surface area contributed by atoms with Crippen molar-refractivity contribution < 1.29 is 13.2 Å². The molecule has 0 saturated heterocycles. The average Bonchev–Trinajstić information content (AvgIpc) is 2.97. The first-order valence-corrected chi connectivity index (χ1v) is 7.54. The van der Waals surface area contributed by atoms with Crippen LogP contribution in [0.4, 0.5) is 5.69 Å². The molecule has 3 rings (SSSR count). The Morgan fingerprint density at radius 3 is 2.67 bits per heavy atom. The maximum absolute atomic E-state index is 12.4. The van der Waals surface area contributed by atoms with Crippen molar-refractivity contribution in [1.29, 1.82) is 0 Å². The number of nitrogens with one attached hydrogen (secondary N) is 1. The summed E-state index contributed by atoms with van der Waals surface area (Å²) in [5, 5.41) is 3.96. The van der Waals surface area contributed by atoms with E-state index in [1.165, 1.54) is 30.1 Å². The molecular weight excluding hydrogens is 292 g/mol. The number of nitrogens with zero attached hydrogens (tertiary/aromatic N) is 3. The Bertz CT molecular complexity index is 872. The summed E-state index contributed by atoms with van der Waals surface area (Å²) in [6.07, 6.45) is 3.05. The molecule has 0 aliphatic heterocycles. The van der Waals surface area contributed by atoms with Gasteiger partial charge >= 0.3 is 0 Å². The third-order valence-corrected chi connectivity index (χ3v) is 4.30. The van der Waals surface area contributed by atoms with Gasteiger partial charge in [0.15, 0.2) is 5.65 Å². The number of benzene rings is 1. The van der Waals surface area contributed by atoms with Crippen molar-refractivity contribution in [3.8, 4) is 5.75 Å². The van der Waals surface area contributed by atoms with E-state index in [2.05, 4.69) is 14.8 Å². The molecule has 0 fully saturated rings. The number of aromatic nitrogens is 3. The number of anilines is 1. The summed E-state index contributed by atoms with van der Waals surface area (Å²) in [5.74, 6) is 0.591. The summed E-state index contributed by atoms with van der Waals surface area (Å²) in [6, 6.07) is 9.45. The zero-order valence-corrected chi connectivity index (χ0v) is 11.9. The molecule has 0 radical (unpaired) electrons. The van der Waals surface area contributed by atoms with Crippen LogP contribution in [-0.4, -0.2) is 30.1 Å². The zero-order valence-electron chi connectivity index (χ0n) is 11.1. The van der Waals surface area contributed by atoms with Crippen molar-refractivity contribution in [3.63, 3.8) is 0 Å². The van der Waals surface area contributed by atoms with Crippen LogP contribution in [0.3, 0.4) is 0 Å². The highest BCUT2D eigenvalue weighted by atomic mass is 32.2. The molecule has 8 heteroatoms. The van der Waals surface area contributed by atoms with Crippen molar-refractivity contribution in [2.24, 2.45) is 0 Å². The van der Waals surface area contributed by atoms with Crippen LogP contribution in [0.2, 0.25) is 0 Å². The molecule has 1 N–H and O–H groups in total. The summed E-state index contributed by atoms with van der Waals surface area (Å²) in [7, 11) is -2.17. The van der Waals surface area contributed by atoms with Gasteiger partial charge in [0.25, 0.3) is 10.0 Å². The quantitative estimate of drug-likeness (QED) is 0.790. The second-order valence-electron chi connectivity index (χ2n) is 4.23. The predicted octanol–water partition coefficient (Wildman–Crippen LogP) is 1.54. The molecule has 1 aromatic carbocycles. The van der Waals surface area contributed by atoms with Crippen LogP contribution >= 0.6 is 0 Å². The van der Waals surface area contributed by atoms with E-state index in [9.17, 15) is 8.42 Å². The number of hydrogen-bond acceptors (Lipinski definition) is 5. The molecule has 3 aromatic rings. The number of sulfonamides is 1. The Hall–Kier alpha value is -2.61. The van der Waals surface area contributed by atoms with Crippen LogP contribution < -0.4 is 9.46 Å². The summed E-state index contributed by atoms with van der Waals surface area (Å²) >= 11 is 0. The van der Waals surface area contributed by atoms with Crippen LogP contribution in [-0.2, 0) is 10.0 Å². The van der Waals surface area contributed by atoms with Crippen molar-refractivity contribution in [2.45, 2.75) is 4.90 Å². The highest BCUT2D eigenvalue weighted by Gasteiger charge is 2.16. The molecule has 0 spiro atoms. The molecular formula is C13H12N4O3S. The van der Waals surface area contributed by atoms with Crippen molar-refractivity contribution >= 4 is 21.4 Å². The van der Waals surface area contributed by atoms with E-state index >= 15 is 0 Å². The summed E-state index contributed by atoms with van der Waals surface area (Å²) < 4.78 is 33.7. The molecule has 0 bridgehead atoms. The van der Waals surface area contributed by atoms with Gasteiger partial charge < -0.3 is 4.74 Å². The lowest BCUT2D eigenvalue weighted by molar-refractivity contribution is 0.414. The van der Waals surface area contributed by atoms with E-state index in [1.807, 2.05) is 0 Å². The van der Waals surface area contributed by atoms with Crippen LogP contribution in [0.25, 0.3) is 5.65 Å². The van der Waals surface area contributed by atoms with Crippen molar-refractivity contribution in [1.82, 2.24) is 14.6 Å². The fourth-order valence-corrected chi connectivity index (χ4v) is 2.95. The minimum atomic E-state index is -3.69. The third-order valence-electron chi connectivity index (χ3n) is 2.92. The molecule has 2 heterocycles. The van der Waals surface area contributed by atoms with Gasteiger partial charge in [-0.05, 0) is 36.4 Å². The Morgan fingerprint density at radius 1 is 1.19 bits per heavy atom. The van der Waals surface area contributed by atoms with Crippen LogP contribution in [0.15, 0.2) is 53.8 Å². The smallest absolute Gasteiger partial charge is 0.262 e. The maximum atomic E-state index is 12.4. The predicted molar refractivity (Wildman–Crippen MR) is 76.8 cm³/mol. The average molecular weight is 304 g/mol. The van der Waals surface area contributed by atoms with Gasteiger partial charge in [-0.2, -0.15) is 5.10 Å². The largest absolute Gasteiger partial charge is 0.497 e. The highest BCUT2D eigenvalue weighted by Crippen LogP contribution is 2.21. The number of fused-ring (bicyclic) bond motifs is 1. The van der Waals surface area contributed by atoms with Gasteiger partial charge in [-0.25, -0.2) is 17.9 Å². The van der Waals surface area contributed by atoms with Gasteiger partial charge in [-0.3, -0.25) is 4.72 Å². The minimum absolute atomic E-state index is 0.143. The molecule has 0 aliphatic rings. The van der Waals surface area contributed by atoms with Gasteiger partial charge in [0.2, 0.25) is 0 Å². The van der Waals surface area contributed by atoms with E-state index in [0.29, 0.717) is 17.1 Å². The van der Waals surface area contributed by atoms with Gasteiger partial charge in [0, 0.05) is 6.20 Å². The Kier molecular flexibility index (Phi) is 3.22. The van der Waals surface area contributed by atoms with Crippen LogP contribution in [0.1, 0.15) is 0 Å². The maximum Gasteiger partial charge on any atom is 0.262 e. The van der Waals surface area contributed by atoms with E-state index in [0.717, 1.165) is 0 Å². The van der Waals surface area contributed by atoms with Crippen LogP contribution in [0, 0.1) is 0 Å². The molecule has 0 saturated carbocycles. The van der Waals surface area contributed by atoms with E-state index in [1.54, 1.807) is 30.5 Å². The first-order valence-electron chi connectivity index (χ1n) is 6.05. The standard InChI is InChI=1S/C13H12N4O3S/c1-20-10-4-6-11(7-5-10)21(18,19)16-12-3-2-8-17-13(12)14-9-15-17/h2-9,16H,1H3. The van der Waals surface area contributed by atoms with Crippen molar-refractivity contribution in [3.05, 3.63) is 48.9 Å². The monoisotopic (exact) mass is 304 g/mol. The first-order chi connectivity index (χ1) is 10.1. The Balaban J connectivity index is 1.97. The molecule has 0 unspecified atom stereocenters. The lowest BCUT2D eigenvalue weighted by atomic mass is 10.3. The van der Waals surface area contributed by atoms with E-state index in [-0.39, 0.29) is 4.90 Å².